The number of hydrogen-bond acceptors (Lipinski definition) is 3. The molecule has 124 valence electrons. The van der Waals surface area contributed by atoms with Gasteiger partial charge in [0.25, 0.3) is 5.91 Å². The summed E-state index contributed by atoms with van der Waals surface area (Å²) < 4.78 is 0. The van der Waals surface area contributed by atoms with Gasteiger partial charge in [0, 0.05) is 18.8 Å². The minimum Gasteiger partial charge on any atom is -0.341 e. The molecule has 0 unspecified atom stereocenters. The van der Waals surface area contributed by atoms with Gasteiger partial charge in [-0.1, -0.05) is 31.5 Å². The van der Waals surface area contributed by atoms with E-state index in [9.17, 15) is 14.4 Å². The summed E-state index contributed by atoms with van der Waals surface area (Å²) in [6.45, 7) is 5.00. The Morgan fingerprint density at radius 2 is 1.87 bits per heavy atom. The molecule has 0 spiro atoms. The number of hydrogen-bond donors (Lipinski definition) is 0. The molecule has 1 heterocycles. The second-order valence-electron chi connectivity index (χ2n) is 5.51. The van der Waals surface area contributed by atoms with Gasteiger partial charge in [-0.2, -0.15) is 0 Å². The van der Waals surface area contributed by atoms with Crippen molar-refractivity contribution >= 4 is 23.5 Å². The van der Waals surface area contributed by atoms with E-state index in [2.05, 4.69) is 6.92 Å². The number of carbonyl (C=O) groups is 3. The summed E-state index contributed by atoms with van der Waals surface area (Å²) in [6, 6.07) is 8.59. The van der Waals surface area contributed by atoms with Gasteiger partial charge in [-0.05, 0) is 25.5 Å². The summed E-state index contributed by atoms with van der Waals surface area (Å²) in [5.41, 5.74) is 0.666. The molecule has 6 heteroatoms. The third kappa shape index (κ3) is 3.88. The van der Waals surface area contributed by atoms with Gasteiger partial charge in [0.05, 0.1) is 0 Å². The third-order valence-corrected chi connectivity index (χ3v) is 3.93. The van der Waals surface area contributed by atoms with Crippen molar-refractivity contribution in [2.45, 2.75) is 26.7 Å². The summed E-state index contributed by atoms with van der Waals surface area (Å²) in [7, 11) is 0. The van der Waals surface area contributed by atoms with Crippen LogP contribution >= 0.6 is 0 Å². The number of unbranched alkanes of at least 4 members (excludes halogenated alkanes) is 1. The molecule has 1 fully saturated rings. The Labute approximate surface area is 136 Å². The number of urea groups is 1. The van der Waals surface area contributed by atoms with Crippen LogP contribution in [0, 0.1) is 0 Å². The topological polar surface area (TPSA) is 60.9 Å². The summed E-state index contributed by atoms with van der Waals surface area (Å²) in [6.07, 6.45) is 1.91. The Balaban J connectivity index is 2.04. The van der Waals surface area contributed by atoms with Gasteiger partial charge in [-0.25, -0.2) is 4.79 Å². The maximum absolute atomic E-state index is 12.4. The van der Waals surface area contributed by atoms with Gasteiger partial charge >= 0.3 is 6.03 Å². The Kier molecular flexibility index (Phi) is 5.73. The van der Waals surface area contributed by atoms with E-state index in [0.29, 0.717) is 18.8 Å². The van der Waals surface area contributed by atoms with E-state index in [-0.39, 0.29) is 24.9 Å². The predicted molar refractivity (Wildman–Crippen MR) is 88.1 cm³/mol. The van der Waals surface area contributed by atoms with Gasteiger partial charge in [-0.3, -0.25) is 19.4 Å². The molecule has 23 heavy (non-hydrogen) atoms. The number of amides is 4. The SMILES string of the molecule is CCCCN(CC)C(=O)CN1C(=O)CN(c2ccccc2)C1=O. The number of imide groups is 1. The maximum atomic E-state index is 12.4. The summed E-state index contributed by atoms with van der Waals surface area (Å²) in [5.74, 6) is -0.517. The summed E-state index contributed by atoms with van der Waals surface area (Å²) in [4.78, 5) is 41.0. The maximum Gasteiger partial charge on any atom is 0.332 e. The number of anilines is 1. The van der Waals surface area contributed by atoms with Crippen molar-refractivity contribution in [3.8, 4) is 0 Å². The van der Waals surface area contributed by atoms with Crippen molar-refractivity contribution in [2.24, 2.45) is 0 Å². The van der Waals surface area contributed by atoms with E-state index in [1.54, 1.807) is 17.0 Å². The molecule has 2 rings (SSSR count). The lowest BCUT2D eigenvalue weighted by Crippen LogP contribution is -2.43. The number of likely N-dealkylation sites (N-methyl/N-ethyl adjacent to an activating group) is 1. The lowest BCUT2D eigenvalue weighted by atomic mass is 10.3. The summed E-state index contributed by atoms with van der Waals surface area (Å²) in [5, 5.41) is 0. The lowest BCUT2D eigenvalue weighted by Gasteiger charge is -2.23. The zero-order chi connectivity index (χ0) is 16.8. The van der Waals surface area contributed by atoms with E-state index in [4.69, 9.17) is 0 Å². The highest BCUT2D eigenvalue weighted by molar-refractivity contribution is 6.13. The average molecular weight is 317 g/mol. The molecule has 0 aliphatic carbocycles. The van der Waals surface area contributed by atoms with Crippen LogP contribution in [-0.2, 0) is 9.59 Å². The number of nitrogens with zero attached hydrogens (tertiary/aromatic N) is 3. The minimum absolute atomic E-state index is 0.0167. The standard InChI is InChI=1S/C17H23N3O3/c1-3-5-11-18(4-2)15(21)12-20-16(22)13-19(17(20)23)14-9-7-6-8-10-14/h6-10H,3-5,11-13H2,1-2H3. The molecule has 4 amide bonds. The molecule has 0 N–H and O–H groups in total. The Morgan fingerprint density at radius 1 is 1.17 bits per heavy atom. The molecule has 1 aliphatic heterocycles. The van der Waals surface area contributed by atoms with Crippen molar-refractivity contribution in [3.05, 3.63) is 30.3 Å². The highest BCUT2D eigenvalue weighted by Gasteiger charge is 2.38. The first kappa shape index (κ1) is 17.0. The number of benzene rings is 1. The fraction of sp³-hybridized carbons (Fsp3) is 0.471. The molecular weight excluding hydrogens is 294 g/mol. The van der Waals surface area contributed by atoms with Crippen molar-refractivity contribution in [2.75, 3.05) is 31.1 Å². The van der Waals surface area contributed by atoms with Crippen LogP contribution < -0.4 is 4.90 Å². The lowest BCUT2D eigenvalue weighted by molar-refractivity contribution is -0.136. The number of carbonyl (C=O) groups excluding carboxylic acids is 3. The number of rotatable bonds is 7. The predicted octanol–water partition coefficient (Wildman–Crippen LogP) is 2.10. The monoisotopic (exact) mass is 317 g/mol. The quantitative estimate of drug-likeness (QED) is 0.724. The van der Waals surface area contributed by atoms with Gasteiger partial charge in [0.1, 0.15) is 13.1 Å². The molecule has 0 saturated carbocycles. The molecule has 1 aromatic rings. The molecular formula is C17H23N3O3. The fourth-order valence-electron chi connectivity index (χ4n) is 2.55. The van der Waals surface area contributed by atoms with Crippen molar-refractivity contribution in [3.63, 3.8) is 0 Å². The fourth-order valence-corrected chi connectivity index (χ4v) is 2.55. The highest BCUT2D eigenvalue weighted by atomic mass is 16.2. The van der Waals surface area contributed by atoms with Crippen molar-refractivity contribution < 1.29 is 14.4 Å². The second kappa shape index (κ2) is 7.76. The third-order valence-electron chi connectivity index (χ3n) is 3.93. The van der Waals surface area contributed by atoms with Crippen LogP contribution in [0.2, 0.25) is 0 Å². The molecule has 0 aromatic heterocycles. The smallest absolute Gasteiger partial charge is 0.332 e. The first-order chi connectivity index (χ1) is 11.1. The molecule has 1 aromatic carbocycles. The van der Waals surface area contributed by atoms with Gasteiger partial charge in [0.2, 0.25) is 5.91 Å². The molecule has 0 bridgehead atoms. The van der Waals surface area contributed by atoms with E-state index in [1.165, 1.54) is 4.90 Å². The van der Waals surface area contributed by atoms with Crippen LogP contribution in [0.1, 0.15) is 26.7 Å². The van der Waals surface area contributed by atoms with E-state index < -0.39 is 6.03 Å². The largest absolute Gasteiger partial charge is 0.341 e. The second-order valence-corrected chi connectivity index (χ2v) is 5.51. The van der Waals surface area contributed by atoms with Crippen LogP contribution in [0.15, 0.2) is 30.3 Å². The first-order valence-corrected chi connectivity index (χ1v) is 8.03. The Morgan fingerprint density at radius 3 is 2.48 bits per heavy atom. The van der Waals surface area contributed by atoms with Crippen molar-refractivity contribution in [1.82, 2.24) is 9.80 Å². The van der Waals surface area contributed by atoms with Crippen LogP contribution in [0.25, 0.3) is 0 Å². The van der Waals surface area contributed by atoms with E-state index >= 15 is 0 Å². The van der Waals surface area contributed by atoms with Crippen molar-refractivity contribution in [1.29, 1.82) is 0 Å². The Hall–Kier alpha value is -2.37. The minimum atomic E-state index is -0.430. The summed E-state index contributed by atoms with van der Waals surface area (Å²) >= 11 is 0. The molecule has 1 aliphatic rings. The van der Waals surface area contributed by atoms with Crippen LogP contribution in [0.5, 0.6) is 0 Å². The molecule has 6 nitrogen and oxygen atoms in total. The number of para-hydroxylation sites is 1. The van der Waals surface area contributed by atoms with Crippen LogP contribution in [-0.4, -0.2) is 53.8 Å². The molecule has 1 saturated heterocycles. The van der Waals surface area contributed by atoms with Gasteiger partial charge in [0.15, 0.2) is 0 Å². The van der Waals surface area contributed by atoms with Crippen LogP contribution in [0.4, 0.5) is 10.5 Å². The van der Waals surface area contributed by atoms with E-state index in [1.807, 2.05) is 25.1 Å². The van der Waals surface area contributed by atoms with Gasteiger partial charge < -0.3 is 4.90 Å². The highest BCUT2D eigenvalue weighted by Crippen LogP contribution is 2.20. The zero-order valence-electron chi connectivity index (χ0n) is 13.7. The molecule has 0 atom stereocenters. The van der Waals surface area contributed by atoms with Gasteiger partial charge in [-0.15, -0.1) is 0 Å². The van der Waals surface area contributed by atoms with E-state index in [0.717, 1.165) is 17.7 Å². The first-order valence-electron chi connectivity index (χ1n) is 8.03. The van der Waals surface area contributed by atoms with Crippen LogP contribution in [0.3, 0.4) is 0 Å². The zero-order valence-corrected chi connectivity index (χ0v) is 13.7. The normalized spacial score (nSPS) is 14.5. The molecule has 0 radical (unpaired) electrons. The average Bonchev–Trinajstić information content (AvgIpc) is 2.84. The Bertz CT molecular complexity index is 574.